The van der Waals surface area contributed by atoms with Crippen LogP contribution in [0.15, 0.2) is 15.5 Å². The number of hydrogen-bond acceptors (Lipinski definition) is 0. The molecule has 3 heteroatoms. The van der Waals surface area contributed by atoms with Crippen molar-refractivity contribution in [3.05, 3.63) is 37.7 Å². The zero-order valence-corrected chi connectivity index (χ0v) is 13.3. The van der Waals surface area contributed by atoms with Crippen LogP contribution in [0.4, 0.5) is 0 Å². The first kappa shape index (κ1) is 10.9. The van der Waals surface area contributed by atoms with E-state index in [9.17, 15) is 0 Å². The second kappa shape index (κ2) is 4.11. The first-order valence-electron chi connectivity index (χ1n) is 4.57. The minimum absolute atomic E-state index is 0.998. The summed E-state index contributed by atoms with van der Waals surface area (Å²) in [5, 5.41) is 0. The molecule has 0 fully saturated rings. The minimum atomic E-state index is -2.32. The molecule has 0 aliphatic heterocycles. The quantitative estimate of drug-likeness (QED) is 0.631. The van der Waals surface area contributed by atoms with Gasteiger partial charge in [-0.25, -0.2) is 0 Å². The number of allylic oxidation sites excluding steroid dienone is 1. The summed E-state index contributed by atoms with van der Waals surface area (Å²) in [4.78, 5) is 0. The molecule has 0 nitrogen and oxygen atoms in total. The van der Waals surface area contributed by atoms with Crippen LogP contribution >= 0.6 is 17.2 Å². The van der Waals surface area contributed by atoms with Crippen LogP contribution in [-0.4, -0.2) is 0 Å². The molecule has 0 aromatic heterocycles. The Balaban J connectivity index is 2.50. The van der Waals surface area contributed by atoms with E-state index in [1.165, 1.54) is 25.6 Å². The summed E-state index contributed by atoms with van der Waals surface area (Å²) in [7, 11) is 12.2. The van der Waals surface area contributed by atoms with Gasteiger partial charge in [-0.3, -0.25) is 0 Å². The number of fused-ring (bicyclic) bond motifs is 1. The summed E-state index contributed by atoms with van der Waals surface area (Å²) in [6.07, 6.45) is 3.22. The first-order chi connectivity index (χ1) is 6.59. The monoisotopic (exact) mass is 393 g/mol. The number of hydrogen-bond donors (Lipinski definition) is 0. The maximum atomic E-state index is 6.09. The molecule has 0 spiro atoms. The van der Waals surface area contributed by atoms with Gasteiger partial charge in [-0.1, -0.05) is 0 Å². The van der Waals surface area contributed by atoms with Gasteiger partial charge in [0.25, 0.3) is 0 Å². The zero-order valence-electron chi connectivity index (χ0n) is 8.20. The molecule has 0 unspecified atom stereocenters. The van der Waals surface area contributed by atoms with Crippen molar-refractivity contribution in [1.82, 2.24) is 0 Å². The molecule has 14 heavy (non-hydrogen) atoms. The molecular formula is C11H11Cl2Hf. The predicted molar refractivity (Wildman–Crippen MR) is 59.3 cm³/mol. The molecule has 2 rings (SSSR count). The fourth-order valence-corrected chi connectivity index (χ4v) is 5.88. The molecule has 0 saturated carbocycles. The van der Waals surface area contributed by atoms with Gasteiger partial charge in [0.15, 0.2) is 0 Å². The third-order valence-electron chi connectivity index (χ3n) is 2.74. The van der Waals surface area contributed by atoms with Gasteiger partial charge in [-0.05, 0) is 0 Å². The molecule has 1 aliphatic carbocycles. The van der Waals surface area contributed by atoms with Crippen LogP contribution in [-0.2, 0) is 25.5 Å². The van der Waals surface area contributed by atoms with Crippen LogP contribution in [0.2, 0.25) is 0 Å². The standard InChI is InChI=1S/C11H11.2ClH.Hf/c1-8-6-7-9(2)11-5-3-4-10(8)11;;;/h4,6-7H,5H2,1-2H3;2*1H;/q;;;+2/p-2. The molecule has 1 aromatic carbocycles. The Hall–Kier alpha value is 0.410. The number of benzene rings is 1. The second-order valence-corrected chi connectivity index (χ2v) is 15.6. The van der Waals surface area contributed by atoms with Crippen LogP contribution in [0.3, 0.4) is 0 Å². The van der Waals surface area contributed by atoms with E-state index in [1.807, 2.05) is 0 Å². The van der Waals surface area contributed by atoms with Crippen molar-refractivity contribution < 1.29 is 19.1 Å². The molecule has 0 radical (unpaired) electrons. The summed E-state index contributed by atoms with van der Waals surface area (Å²) in [6.45, 7) is 4.30. The Morgan fingerprint density at radius 3 is 2.36 bits per heavy atom. The molecule has 0 saturated heterocycles. The summed E-state index contributed by atoms with van der Waals surface area (Å²) in [5.74, 6) is 0. The van der Waals surface area contributed by atoms with Crippen LogP contribution in [0, 0.1) is 13.8 Å². The average molecular weight is 393 g/mol. The van der Waals surface area contributed by atoms with E-state index in [2.05, 4.69) is 32.1 Å². The van der Waals surface area contributed by atoms with E-state index in [0.29, 0.717) is 0 Å². The van der Waals surface area contributed by atoms with Gasteiger partial charge >= 0.3 is 100 Å². The molecule has 73 valence electrons. The van der Waals surface area contributed by atoms with Crippen molar-refractivity contribution in [2.75, 3.05) is 0 Å². The topological polar surface area (TPSA) is 0 Å². The Labute approximate surface area is 99.6 Å². The van der Waals surface area contributed by atoms with Crippen molar-refractivity contribution in [3.63, 3.8) is 0 Å². The van der Waals surface area contributed by atoms with Crippen molar-refractivity contribution >= 4 is 23.2 Å². The SMILES string of the molecule is Cc1ccc(C)c2c1C=[C]([Hf]([Cl])[Cl])C2. The van der Waals surface area contributed by atoms with E-state index in [4.69, 9.17) is 17.2 Å². The van der Waals surface area contributed by atoms with Crippen LogP contribution in [0.5, 0.6) is 0 Å². The molecule has 0 amide bonds. The van der Waals surface area contributed by atoms with Gasteiger partial charge in [0.1, 0.15) is 0 Å². The fraction of sp³-hybridized carbons (Fsp3) is 0.273. The van der Waals surface area contributed by atoms with E-state index in [1.54, 1.807) is 0 Å². The van der Waals surface area contributed by atoms with Crippen molar-refractivity contribution in [2.24, 2.45) is 0 Å². The Kier molecular flexibility index (Phi) is 3.21. The third-order valence-corrected chi connectivity index (χ3v) is 9.61. The van der Waals surface area contributed by atoms with Crippen molar-refractivity contribution in [3.8, 4) is 0 Å². The van der Waals surface area contributed by atoms with E-state index in [0.717, 1.165) is 6.42 Å². The van der Waals surface area contributed by atoms with Crippen molar-refractivity contribution in [1.29, 1.82) is 0 Å². The average Bonchev–Trinajstić information content (AvgIpc) is 2.57. The predicted octanol–water partition coefficient (Wildman–Crippen LogP) is 4.13. The summed E-state index contributed by atoms with van der Waals surface area (Å²) in [5.41, 5.74) is 5.49. The Morgan fingerprint density at radius 1 is 1.14 bits per heavy atom. The second-order valence-electron chi connectivity index (χ2n) is 3.70. The molecular weight excluding hydrogens is 382 g/mol. The van der Waals surface area contributed by atoms with Gasteiger partial charge in [0.05, 0.1) is 0 Å². The van der Waals surface area contributed by atoms with E-state index >= 15 is 0 Å². The fourth-order valence-electron chi connectivity index (χ4n) is 1.86. The summed E-state index contributed by atoms with van der Waals surface area (Å²) in [6, 6.07) is 4.35. The van der Waals surface area contributed by atoms with Gasteiger partial charge in [-0.15, -0.1) is 0 Å². The normalized spacial score (nSPS) is 13.9. The summed E-state index contributed by atoms with van der Waals surface area (Å²) < 4.78 is 1.32. The Morgan fingerprint density at radius 2 is 1.79 bits per heavy atom. The van der Waals surface area contributed by atoms with Crippen LogP contribution < -0.4 is 0 Å². The van der Waals surface area contributed by atoms with Gasteiger partial charge in [0, 0.05) is 0 Å². The van der Waals surface area contributed by atoms with E-state index in [-0.39, 0.29) is 0 Å². The van der Waals surface area contributed by atoms with Crippen LogP contribution in [0.1, 0.15) is 22.3 Å². The molecule has 1 aliphatic rings. The number of halogens is 2. The van der Waals surface area contributed by atoms with Gasteiger partial charge in [-0.2, -0.15) is 0 Å². The number of rotatable bonds is 1. The molecule has 0 heterocycles. The first-order valence-corrected chi connectivity index (χ1v) is 15.3. The zero-order chi connectivity index (χ0) is 10.3. The third kappa shape index (κ3) is 1.87. The molecule has 1 aromatic rings. The Bertz CT molecular complexity index is 408. The van der Waals surface area contributed by atoms with Gasteiger partial charge in [0.2, 0.25) is 0 Å². The molecule has 0 bridgehead atoms. The maximum absolute atomic E-state index is 6.09. The number of aryl methyl sites for hydroxylation is 2. The summed E-state index contributed by atoms with van der Waals surface area (Å²) >= 11 is -2.32. The van der Waals surface area contributed by atoms with Gasteiger partial charge < -0.3 is 0 Å². The molecule has 0 atom stereocenters. The molecule has 0 N–H and O–H groups in total. The van der Waals surface area contributed by atoms with E-state index < -0.39 is 19.1 Å². The van der Waals surface area contributed by atoms with Crippen LogP contribution in [0.25, 0.3) is 6.08 Å². The van der Waals surface area contributed by atoms with Crippen molar-refractivity contribution in [2.45, 2.75) is 20.3 Å².